The summed E-state index contributed by atoms with van der Waals surface area (Å²) < 4.78 is 28.4. The molecule has 0 aliphatic carbocycles. The summed E-state index contributed by atoms with van der Waals surface area (Å²) in [5.74, 6) is 1.11. The van der Waals surface area contributed by atoms with Gasteiger partial charge in [-0.15, -0.1) is 0 Å². The van der Waals surface area contributed by atoms with Gasteiger partial charge in [-0.1, -0.05) is 19.1 Å². The van der Waals surface area contributed by atoms with Crippen molar-refractivity contribution in [2.45, 2.75) is 33.2 Å². The molecule has 0 bridgehead atoms. The van der Waals surface area contributed by atoms with Gasteiger partial charge < -0.3 is 10.5 Å². The minimum Gasteiger partial charge on any atom is -0.493 e. The molecule has 1 aromatic carbocycles. The zero-order valence-electron chi connectivity index (χ0n) is 11.8. The first kappa shape index (κ1) is 16.0. The standard InChI is InChI=1S/C14H23NO3S/c1-4-19(16,17)9-5-8-18-14-10-11(2)6-7-13(14)12(3)15/h6-7,10,12H,4-5,8-9,15H2,1-3H3/t12-/m0/s1. The second-order valence-electron chi connectivity index (χ2n) is 4.77. The summed E-state index contributed by atoms with van der Waals surface area (Å²) in [6.45, 7) is 5.94. The van der Waals surface area contributed by atoms with E-state index in [1.807, 2.05) is 32.0 Å². The van der Waals surface area contributed by atoms with Crippen LogP contribution in [-0.4, -0.2) is 26.5 Å². The highest BCUT2D eigenvalue weighted by molar-refractivity contribution is 7.91. The molecule has 1 atom stereocenters. The smallest absolute Gasteiger partial charge is 0.150 e. The molecule has 0 fully saturated rings. The lowest BCUT2D eigenvalue weighted by Gasteiger charge is -2.14. The van der Waals surface area contributed by atoms with Crippen LogP contribution < -0.4 is 10.5 Å². The van der Waals surface area contributed by atoms with E-state index in [-0.39, 0.29) is 17.5 Å². The highest BCUT2D eigenvalue weighted by Crippen LogP contribution is 2.25. The van der Waals surface area contributed by atoms with Gasteiger partial charge in [-0.05, 0) is 31.9 Å². The molecule has 0 radical (unpaired) electrons. The fourth-order valence-electron chi connectivity index (χ4n) is 1.75. The van der Waals surface area contributed by atoms with Crippen LogP contribution in [0.2, 0.25) is 0 Å². The van der Waals surface area contributed by atoms with E-state index in [4.69, 9.17) is 10.5 Å². The van der Waals surface area contributed by atoms with Crippen molar-refractivity contribution in [1.82, 2.24) is 0 Å². The summed E-state index contributed by atoms with van der Waals surface area (Å²) in [7, 11) is -2.91. The predicted molar refractivity (Wildman–Crippen MR) is 78.2 cm³/mol. The molecule has 0 saturated heterocycles. The van der Waals surface area contributed by atoms with Gasteiger partial charge in [0.2, 0.25) is 0 Å². The molecule has 0 saturated carbocycles. The van der Waals surface area contributed by atoms with E-state index >= 15 is 0 Å². The van der Waals surface area contributed by atoms with Crippen molar-refractivity contribution in [2.75, 3.05) is 18.1 Å². The van der Waals surface area contributed by atoms with Crippen LogP contribution in [0, 0.1) is 6.92 Å². The van der Waals surface area contributed by atoms with Crippen molar-refractivity contribution < 1.29 is 13.2 Å². The largest absolute Gasteiger partial charge is 0.493 e. The van der Waals surface area contributed by atoms with Crippen molar-refractivity contribution in [2.24, 2.45) is 5.73 Å². The number of benzene rings is 1. The van der Waals surface area contributed by atoms with E-state index in [0.717, 1.165) is 16.9 Å². The Labute approximate surface area is 115 Å². The zero-order valence-corrected chi connectivity index (χ0v) is 12.7. The molecular weight excluding hydrogens is 262 g/mol. The molecule has 1 rings (SSSR count). The van der Waals surface area contributed by atoms with Crippen LogP contribution in [0.4, 0.5) is 0 Å². The van der Waals surface area contributed by atoms with Gasteiger partial charge in [-0.3, -0.25) is 0 Å². The minimum absolute atomic E-state index is 0.102. The lowest BCUT2D eigenvalue weighted by Crippen LogP contribution is -2.13. The first-order chi connectivity index (χ1) is 8.85. The Balaban J connectivity index is 2.60. The van der Waals surface area contributed by atoms with Crippen LogP contribution in [0.15, 0.2) is 18.2 Å². The maximum atomic E-state index is 11.4. The number of aryl methyl sites for hydroxylation is 1. The van der Waals surface area contributed by atoms with Crippen LogP contribution in [0.25, 0.3) is 0 Å². The van der Waals surface area contributed by atoms with E-state index in [1.54, 1.807) is 6.92 Å². The van der Waals surface area contributed by atoms with E-state index in [9.17, 15) is 8.42 Å². The second kappa shape index (κ2) is 6.91. The molecule has 4 nitrogen and oxygen atoms in total. The Hall–Kier alpha value is -1.07. The number of rotatable bonds is 7. The Morgan fingerprint density at radius 1 is 1.37 bits per heavy atom. The third-order valence-electron chi connectivity index (χ3n) is 2.96. The molecular formula is C14H23NO3S. The van der Waals surface area contributed by atoms with Gasteiger partial charge in [0.05, 0.1) is 12.4 Å². The Kier molecular flexibility index (Phi) is 5.82. The fourth-order valence-corrected chi connectivity index (χ4v) is 2.59. The van der Waals surface area contributed by atoms with Gasteiger partial charge in [-0.2, -0.15) is 0 Å². The number of ether oxygens (including phenoxy) is 1. The molecule has 1 aromatic rings. The molecule has 19 heavy (non-hydrogen) atoms. The third kappa shape index (κ3) is 5.20. The Bertz CT molecular complexity index is 509. The third-order valence-corrected chi connectivity index (χ3v) is 4.75. The zero-order chi connectivity index (χ0) is 14.5. The number of hydrogen-bond donors (Lipinski definition) is 1. The van der Waals surface area contributed by atoms with Crippen LogP contribution in [-0.2, 0) is 9.84 Å². The molecule has 0 aromatic heterocycles. The monoisotopic (exact) mass is 285 g/mol. The van der Waals surface area contributed by atoms with Gasteiger partial charge in [0.25, 0.3) is 0 Å². The molecule has 0 aliphatic heterocycles. The summed E-state index contributed by atoms with van der Waals surface area (Å²) in [6.07, 6.45) is 0.502. The molecule has 5 heteroatoms. The Morgan fingerprint density at radius 2 is 2.05 bits per heavy atom. The molecule has 2 N–H and O–H groups in total. The van der Waals surface area contributed by atoms with Gasteiger partial charge in [-0.25, -0.2) is 8.42 Å². The number of sulfone groups is 1. The molecule has 108 valence electrons. The van der Waals surface area contributed by atoms with E-state index in [0.29, 0.717) is 13.0 Å². The van der Waals surface area contributed by atoms with Gasteiger partial charge in [0, 0.05) is 17.4 Å². The second-order valence-corrected chi connectivity index (χ2v) is 7.24. The quantitative estimate of drug-likeness (QED) is 0.780. The van der Waals surface area contributed by atoms with Crippen molar-refractivity contribution >= 4 is 9.84 Å². The normalized spacial score (nSPS) is 13.3. The summed E-state index contributed by atoms with van der Waals surface area (Å²) in [4.78, 5) is 0. The minimum atomic E-state index is -2.91. The summed E-state index contributed by atoms with van der Waals surface area (Å²) >= 11 is 0. The average Bonchev–Trinajstić information content (AvgIpc) is 2.34. The predicted octanol–water partition coefficient (Wildman–Crippen LogP) is 2.22. The van der Waals surface area contributed by atoms with Crippen LogP contribution in [0.3, 0.4) is 0 Å². The molecule has 0 amide bonds. The maximum Gasteiger partial charge on any atom is 0.150 e. The summed E-state index contributed by atoms with van der Waals surface area (Å²) in [5.41, 5.74) is 7.93. The number of nitrogens with two attached hydrogens (primary N) is 1. The number of hydrogen-bond acceptors (Lipinski definition) is 4. The highest BCUT2D eigenvalue weighted by atomic mass is 32.2. The van der Waals surface area contributed by atoms with E-state index in [2.05, 4.69) is 0 Å². The molecule has 0 unspecified atom stereocenters. The molecule has 0 aliphatic rings. The van der Waals surface area contributed by atoms with Gasteiger partial charge in [0.1, 0.15) is 15.6 Å². The lowest BCUT2D eigenvalue weighted by molar-refractivity contribution is 0.313. The first-order valence-corrected chi connectivity index (χ1v) is 8.37. The highest BCUT2D eigenvalue weighted by Gasteiger charge is 2.10. The fraction of sp³-hybridized carbons (Fsp3) is 0.571. The van der Waals surface area contributed by atoms with Crippen LogP contribution in [0.5, 0.6) is 5.75 Å². The van der Waals surface area contributed by atoms with E-state index in [1.165, 1.54) is 0 Å². The average molecular weight is 285 g/mol. The van der Waals surface area contributed by atoms with Crippen molar-refractivity contribution in [1.29, 1.82) is 0 Å². The lowest BCUT2D eigenvalue weighted by atomic mass is 10.1. The molecule has 0 spiro atoms. The topological polar surface area (TPSA) is 69.4 Å². The van der Waals surface area contributed by atoms with Crippen molar-refractivity contribution in [3.8, 4) is 5.75 Å². The van der Waals surface area contributed by atoms with Gasteiger partial charge in [0.15, 0.2) is 0 Å². The van der Waals surface area contributed by atoms with Crippen molar-refractivity contribution in [3.63, 3.8) is 0 Å². The molecule has 0 heterocycles. The van der Waals surface area contributed by atoms with Crippen molar-refractivity contribution in [3.05, 3.63) is 29.3 Å². The maximum absolute atomic E-state index is 11.4. The summed E-state index contributed by atoms with van der Waals surface area (Å²) in [6, 6.07) is 5.79. The first-order valence-electron chi connectivity index (χ1n) is 6.55. The van der Waals surface area contributed by atoms with E-state index < -0.39 is 9.84 Å². The Morgan fingerprint density at radius 3 is 2.63 bits per heavy atom. The van der Waals surface area contributed by atoms with Crippen LogP contribution in [0.1, 0.15) is 37.4 Å². The van der Waals surface area contributed by atoms with Crippen LogP contribution >= 0.6 is 0 Å². The SMILES string of the molecule is CCS(=O)(=O)CCCOc1cc(C)ccc1[C@H](C)N. The van der Waals surface area contributed by atoms with Gasteiger partial charge >= 0.3 is 0 Å². The summed E-state index contributed by atoms with van der Waals surface area (Å²) in [5, 5.41) is 0.